The molecule has 0 heterocycles. The van der Waals surface area contributed by atoms with Gasteiger partial charge in [0.1, 0.15) is 0 Å². The van der Waals surface area contributed by atoms with Crippen molar-refractivity contribution in [3.05, 3.63) is 0 Å². The van der Waals surface area contributed by atoms with Crippen LogP contribution in [0, 0.1) is 0 Å². The predicted octanol–water partition coefficient (Wildman–Crippen LogP) is 1.28. The summed E-state index contributed by atoms with van der Waals surface area (Å²) in [6.45, 7) is 6.65. The lowest BCUT2D eigenvalue weighted by Crippen LogP contribution is -2.65. The summed E-state index contributed by atoms with van der Waals surface area (Å²) >= 11 is 0. The van der Waals surface area contributed by atoms with Crippen molar-refractivity contribution in [3.8, 4) is 0 Å². The Kier molecular flexibility index (Phi) is 4.99. The molecule has 0 aliphatic carbocycles. The molecule has 0 aliphatic heterocycles. The first-order chi connectivity index (χ1) is 8.21. The second kappa shape index (κ2) is 5.36. The number of carboxylic acid groups (broad SMARTS) is 1. The number of carboxylic acids is 1. The van der Waals surface area contributed by atoms with Crippen LogP contribution in [0.2, 0.25) is 0 Å². The topological polar surface area (TPSA) is 78.4 Å². The molecule has 0 bridgehead atoms. The van der Waals surface area contributed by atoms with Crippen LogP contribution in [0.1, 0.15) is 34.6 Å². The van der Waals surface area contributed by atoms with Gasteiger partial charge in [-0.15, -0.1) is 0 Å². The Balaban J connectivity index is 5.00. The molecule has 0 fully saturated rings. The molecule has 0 radical (unpaired) electrons. The zero-order valence-electron chi connectivity index (χ0n) is 11.5. The van der Waals surface area contributed by atoms with Crippen molar-refractivity contribution < 1.29 is 27.9 Å². The highest BCUT2D eigenvalue weighted by molar-refractivity contribution is 5.85. The van der Waals surface area contributed by atoms with Crippen molar-refractivity contribution in [2.24, 2.45) is 0 Å². The van der Waals surface area contributed by atoms with Crippen LogP contribution in [-0.2, 0) is 9.59 Å². The second-order valence-electron chi connectivity index (χ2n) is 5.53. The monoisotopic (exact) mass is 284 g/mol. The summed E-state index contributed by atoms with van der Waals surface area (Å²) in [7, 11) is 0. The van der Waals surface area contributed by atoms with Crippen LogP contribution in [0.4, 0.5) is 13.2 Å². The van der Waals surface area contributed by atoms with Gasteiger partial charge in [-0.3, -0.25) is 10.1 Å². The summed E-state index contributed by atoms with van der Waals surface area (Å²) in [6, 6.07) is -1.30. The summed E-state index contributed by atoms with van der Waals surface area (Å²) < 4.78 is 38.2. The molecule has 5 nitrogen and oxygen atoms in total. The van der Waals surface area contributed by atoms with Gasteiger partial charge in [0.05, 0.1) is 6.04 Å². The van der Waals surface area contributed by atoms with Gasteiger partial charge in [0, 0.05) is 5.54 Å². The van der Waals surface area contributed by atoms with Gasteiger partial charge in [-0.1, -0.05) is 0 Å². The van der Waals surface area contributed by atoms with Crippen LogP contribution in [0.5, 0.6) is 0 Å². The molecule has 1 amide bonds. The van der Waals surface area contributed by atoms with E-state index in [2.05, 4.69) is 5.32 Å². The van der Waals surface area contributed by atoms with E-state index >= 15 is 0 Å². The normalized spacial score (nSPS) is 17.5. The number of hydrogen-bond donors (Lipinski definition) is 3. The molecular formula is C11H19F3N2O3. The number of amides is 1. The van der Waals surface area contributed by atoms with Gasteiger partial charge >= 0.3 is 12.1 Å². The lowest BCUT2D eigenvalue weighted by molar-refractivity contribution is -0.207. The molecular weight excluding hydrogens is 265 g/mol. The van der Waals surface area contributed by atoms with Gasteiger partial charge in [0.2, 0.25) is 11.4 Å². The molecule has 0 rings (SSSR count). The predicted molar refractivity (Wildman–Crippen MR) is 62.6 cm³/mol. The highest BCUT2D eigenvalue weighted by Gasteiger charge is 2.58. The Hall–Kier alpha value is -1.31. The van der Waals surface area contributed by atoms with Crippen molar-refractivity contribution in [2.75, 3.05) is 0 Å². The maximum Gasteiger partial charge on any atom is 0.417 e. The first kappa shape index (κ1) is 17.7. The number of carbonyl (C=O) groups excluding carboxylic acids is 1. The van der Waals surface area contributed by atoms with Gasteiger partial charge in [-0.25, -0.2) is 4.79 Å². The number of carbonyl (C=O) groups is 2. The fourth-order valence-electron chi connectivity index (χ4n) is 1.24. The Labute approximate surface area is 109 Å². The summed E-state index contributed by atoms with van der Waals surface area (Å²) in [5.74, 6) is -2.79. The highest BCUT2D eigenvalue weighted by Crippen LogP contribution is 2.30. The minimum absolute atomic E-state index is 0.482. The summed E-state index contributed by atoms with van der Waals surface area (Å²) in [5, 5.41) is 13.0. The van der Waals surface area contributed by atoms with E-state index in [0.717, 1.165) is 0 Å². The summed E-state index contributed by atoms with van der Waals surface area (Å²) in [6.07, 6.45) is -5.02. The van der Waals surface area contributed by atoms with Crippen molar-refractivity contribution in [2.45, 2.75) is 57.9 Å². The van der Waals surface area contributed by atoms with Crippen molar-refractivity contribution in [3.63, 3.8) is 0 Å². The Morgan fingerprint density at radius 1 is 1.11 bits per heavy atom. The molecule has 2 unspecified atom stereocenters. The lowest BCUT2D eigenvalue weighted by atomic mass is 10.00. The maximum atomic E-state index is 12.7. The zero-order chi connectivity index (χ0) is 15.6. The SMILES string of the molecule is CC(NC(C)(C(=O)O)C(F)(F)F)C(=O)NC(C)(C)C. The van der Waals surface area contributed by atoms with E-state index in [-0.39, 0.29) is 0 Å². The van der Waals surface area contributed by atoms with Gasteiger partial charge < -0.3 is 10.4 Å². The van der Waals surface area contributed by atoms with Gasteiger partial charge in [-0.2, -0.15) is 13.2 Å². The van der Waals surface area contributed by atoms with Crippen LogP contribution in [0.25, 0.3) is 0 Å². The molecule has 0 aliphatic rings. The molecule has 0 aromatic heterocycles. The average molecular weight is 284 g/mol. The average Bonchev–Trinajstić information content (AvgIpc) is 2.12. The number of rotatable bonds is 4. The standard InChI is InChI=1S/C11H19F3N2O3/c1-6(7(17)16-9(2,3)4)15-10(5,8(18)19)11(12,13)14/h6,15H,1-5H3,(H,16,17)(H,18,19). The van der Waals surface area contributed by atoms with E-state index in [1.54, 1.807) is 20.8 Å². The van der Waals surface area contributed by atoms with E-state index in [1.807, 2.05) is 5.32 Å². The number of halogens is 3. The van der Waals surface area contributed by atoms with Crippen LogP contribution in [0.3, 0.4) is 0 Å². The second-order valence-corrected chi connectivity index (χ2v) is 5.53. The third kappa shape index (κ3) is 4.70. The van der Waals surface area contributed by atoms with Crippen LogP contribution in [-0.4, -0.2) is 40.3 Å². The van der Waals surface area contributed by atoms with Crippen LogP contribution >= 0.6 is 0 Å². The highest BCUT2D eigenvalue weighted by atomic mass is 19.4. The van der Waals surface area contributed by atoms with E-state index in [1.165, 1.54) is 6.92 Å². The van der Waals surface area contributed by atoms with Crippen LogP contribution < -0.4 is 10.6 Å². The summed E-state index contributed by atoms with van der Waals surface area (Å²) in [5.41, 5.74) is -3.80. The quantitative estimate of drug-likeness (QED) is 0.727. The van der Waals surface area contributed by atoms with E-state index in [4.69, 9.17) is 5.11 Å². The molecule has 0 saturated carbocycles. The number of nitrogens with one attached hydrogen (secondary N) is 2. The number of alkyl halides is 3. The molecule has 2 atom stereocenters. The molecule has 0 saturated heterocycles. The Morgan fingerprint density at radius 2 is 1.53 bits per heavy atom. The Morgan fingerprint density at radius 3 is 1.79 bits per heavy atom. The van der Waals surface area contributed by atoms with E-state index in [0.29, 0.717) is 6.92 Å². The maximum absolute atomic E-state index is 12.7. The van der Waals surface area contributed by atoms with Crippen molar-refractivity contribution in [1.29, 1.82) is 0 Å². The molecule has 19 heavy (non-hydrogen) atoms. The smallest absolute Gasteiger partial charge is 0.417 e. The Bertz CT molecular complexity index is 363. The minimum Gasteiger partial charge on any atom is -0.480 e. The van der Waals surface area contributed by atoms with Gasteiger partial charge in [-0.05, 0) is 34.6 Å². The zero-order valence-corrected chi connectivity index (χ0v) is 11.5. The largest absolute Gasteiger partial charge is 0.480 e. The van der Waals surface area contributed by atoms with Gasteiger partial charge in [0.15, 0.2) is 0 Å². The first-order valence-electron chi connectivity index (χ1n) is 5.60. The summed E-state index contributed by atoms with van der Waals surface area (Å²) in [4.78, 5) is 22.4. The fourth-order valence-corrected chi connectivity index (χ4v) is 1.24. The van der Waals surface area contributed by atoms with Crippen LogP contribution in [0.15, 0.2) is 0 Å². The molecule has 0 aromatic rings. The molecule has 3 N–H and O–H groups in total. The molecule has 8 heteroatoms. The van der Waals surface area contributed by atoms with Crippen molar-refractivity contribution in [1.82, 2.24) is 10.6 Å². The fraction of sp³-hybridized carbons (Fsp3) is 0.818. The first-order valence-corrected chi connectivity index (χ1v) is 5.60. The van der Waals surface area contributed by atoms with E-state index in [9.17, 15) is 22.8 Å². The van der Waals surface area contributed by atoms with Crippen molar-refractivity contribution >= 4 is 11.9 Å². The third-order valence-electron chi connectivity index (χ3n) is 2.39. The van der Waals surface area contributed by atoms with E-state index < -0.39 is 35.2 Å². The molecule has 0 spiro atoms. The lowest BCUT2D eigenvalue weighted by Gasteiger charge is -2.32. The molecule has 0 aromatic carbocycles. The minimum atomic E-state index is -5.02. The third-order valence-corrected chi connectivity index (χ3v) is 2.39. The molecule has 112 valence electrons. The van der Waals surface area contributed by atoms with Gasteiger partial charge in [0.25, 0.3) is 0 Å². The number of hydrogen-bond acceptors (Lipinski definition) is 3. The number of aliphatic carboxylic acids is 1.